The van der Waals surface area contributed by atoms with Crippen LogP contribution in [0.5, 0.6) is 11.5 Å². The molecule has 0 aliphatic heterocycles. The molecule has 24 heavy (non-hydrogen) atoms. The maximum absolute atomic E-state index is 5.33. The van der Waals surface area contributed by atoms with Gasteiger partial charge in [0.1, 0.15) is 29.5 Å². The highest BCUT2D eigenvalue weighted by Crippen LogP contribution is 2.27. The molecule has 6 nitrogen and oxygen atoms in total. The van der Waals surface area contributed by atoms with Crippen LogP contribution in [-0.2, 0) is 0 Å². The highest BCUT2D eigenvalue weighted by Gasteiger charge is 2.05. The van der Waals surface area contributed by atoms with Crippen molar-refractivity contribution < 1.29 is 9.47 Å². The van der Waals surface area contributed by atoms with E-state index in [9.17, 15) is 0 Å². The fourth-order valence-electron chi connectivity index (χ4n) is 2.23. The van der Waals surface area contributed by atoms with E-state index in [2.05, 4.69) is 20.6 Å². The van der Waals surface area contributed by atoms with Crippen LogP contribution in [0.15, 0.2) is 60.9 Å². The number of anilines is 4. The topological polar surface area (TPSA) is 68.3 Å². The van der Waals surface area contributed by atoms with Gasteiger partial charge in [0.2, 0.25) is 0 Å². The van der Waals surface area contributed by atoms with Crippen LogP contribution in [0, 0.1) is 0 Å². The first-order valence-electron chi connectivity index (χ1n) is 7.41. The van der Waals surface area contributed by atoms with Crippen molar-refractivity contribution in [2.45, 2.75) is 0 Å². The van der Waals surface area contributed by atoms with E-state index >= 15 is 0 Å². The van der Waals surface area contributed by atoms with Gasteiger partial charge in [-0.3, -0.25) is 0 Å². The smallest absolute Gasteiger partial charge is 0.142 e. The van der Waals surface area contributed by atoms with Gasteiger partial charge in [0.05, 0.1) is 19.9 Å². The zero-order chi connectivity index (χ0) is 16.8. The van der Waals surface area contributed by atoms with E-state index in [1.54, 1.807) is 14.2 Å². The van der Waals surface area contributed by atoms with Crippen LogP contribution >= 0.6 is 0 Å². The Bertz CT molecular complexity index is 823. The first-order chi connectivity index (χ1) is 11.8. The highest BCUT2D eigenvalue weighted by atomic mass is 16.5. The molecule has 0 radical (unpaired) electrons. The average molecular weight is 322 g/mol. The molecule has 0 amide bonds. The second-order valence-corrected chi connectivity index (χ2v) is 4.97. The number of aromatic nitrogens is 2. The van der Waals surface area contributed by atoms with Crippen molar-refractivity contribution in [3.05, 3.63) is 60.9 Å². The summed E-state index contributed by atoms with van der Waals surface area (Å²) >= 11 is 0. The molecule has 0 saturated heterocycles. The molecule has 0 aliphatic rings. The second-order valence-electron chi connectivity index (χ2n) is 4.97. The number of methoxy groups -OCH3 is 2. The van der Waals surface area contributed by atoms with Gasteiger partial charge in [-0.25, -0.2) is 9.97 Å². The zero-order valence-corrected chi connectivity index (χ0v) is 13.5. The molecular formula is C18H18N4O2. The lowest BCUT2D eigenvalue weighted by atomic mass is 10.3. The maximum Gasteiger partial charge on any atom is 0.142 e. The fourth-order valence-corrected chi connectivity index (χ4v) is 2.23. The van der Waals surface area contributed by atoms with Gasteiger partial charge >= 0.3 is 0 Å². The molecule has 1 aromatic heterocycles. The van der Waals surface area contributed by atoms with E-state index in [4.69, 9.17) is 9.47 Å². The number of rotatable bonds is 6. The van der Waals surface area contributed by atoms with Crippen LogP contribution in [0.2, 0.25) is 0 Å². The SMILES string of the molecule is COc1cccc(Nc2cc(Nc3ccccc3OC)ncn2)c1. The number of nitrogens with one attached hydrogen (secondary N) is 2. The van der Waals surface area contributed by atoms with Crippen LogP contribution in [0.4, 0.5) is 23.0 Å². The third-order valence-corrected chi connectivity index (χ3v) is 3.38. The van der Waals surface area contributed by atoms with E-state index in [1.165, 1.54) is 6.33 Å². The molecule has 6 heteroatoms. The normalized spacial score (nSPS) is 10.1. The average Bonchev–Trinajstić information content (AvgIpc) is 2.62. The molecule has 0 atom stereocenters. The Kier molecular flexibility index (Phi) is 4.76. The molecule has 2 aromatic carbocycles. The molecular weight excluding hydrogens is 304 g/mol. The molecule has 0 unspecified atom stereocenters. The second kappa shape index (κ2) is 7.32. The summed E-state index contributed by atoms with van der Waals surface area (Å²) < 4.78 is 10.6. The standard InChI is InChI=1S/C18H18N4O2/c1-23-14-7-5-6-13(10-14)21-17-11-18(20-12-19-17)22-15-8-3-4-9-16(15)24-2/h3-12H,1-2H3,(H2,19,20,21,22). The molecule has 1 heterocycles. The Balaban J connectivity index is 1.79. The lowest BCUT2D eigenvalue weighted by molar-refractivity contribution is 0.415. The van der Waals surface area contributed by atoms with Crippen molar-refractivity contribution in [2.24, 2.45) is 0 Å². The van der Waals surface area contributed by atoms with E-state index in [0.717, 1.165) is 22.9 Å². The Hall–Kier alpha value is -3.28. The summed E-state index contributed by atoms with van der Waals surface area (Å²) in [5, 5.41) is 6.46. The quantitative estimate of drug-likeness (QED) is 0.715. The lowest BCUT2D eigenvalue weighted by Gasteiger charge is -2.11. The van der Waals surface area contributed by atoms with Crippen LogP contribution < -0.4 is 20.1 Å². The molecule has 0 fully saturated rings. The van der Waals surface area contributed by atoms with Gasteiger partial charge in [-0.05, 0) is 24.3 Å². The molecule has 0 aliphatic carbocycles. The Morgan fingerprint density at radius 3 is 2.38 bits per heavy atom. The zero-order valence-electron chi connectivity index (χ0n) is 13.5. The molecule has 0 bridgehead atoms. The summed E-state index contributed by atoms with van der Waals surface area (Å²) in [6.07, 6.45) is 1.50. The van der Waals surface area contributed by atoms with Crippen molar-refractivity contribution in [2.75, 3.05) is 24.9 Å². The van der Waals surface area contributed by atoms with Crippen molar-refractivity contribution in [1.29, 1.82) is 0 Å². The fraction of sp³-hybridized carbons (Fsp3) is 0.111. The van der Waals surface area contributed by atoms with Gasteiger partial charge in [0.15, 0.2) is 0 Å². The first-order valence-corrected chi connectivity index (χ1v) is 7.41. The summed E-state index contributed by atoms with van der Waals surface area (Å²) in [6.45, 7) is 0. The predicted molar refractivity (Wildman–Crippen MR) is 94.6 cm³/mol. The maximum atomic E-state index is 5.33. The van der Waals surface area contributed by atoms with Gasteiger partial charge in [-0.1, -0.05) is 18.2 Å². The summed E-state index contributed by atoms with van der Waals surface area (Å²) in [6, 6.07) is 17.1. The predicted octanol–water partition coefficient (Wildman–Crippen LogP) is 3.98. The number of ether oxygens (including phenoxy) is 2. The largest absolute Gasteiger partial charge is 0.497 e. The van der Waals surface area contributed by atoms with Crippen molar-refractivity contribution in [3.63, 3.8) is 0 Å². The van der Waals surface area contributed by atoms with Crippen molar-refractivity contribution in [1.82, 2.24) is 9.97 Å². The number of nitrogens with zero attached hydrogens (tertiary/aromatic N) is 2. The first kappa shape index (κ1) is 15.6. The molecule has 0 spiro atoms. The van der Waals surface area contributed by atoms with Crippen LogP contribution in [0.1, 0.15) is 0 Å². The summed E-state index contributed by atoms with van der Waals surface area (Å²) in [5.41, 5.74) is 1.72. The summed E-state index contributed by atoms with van der Waals surface area (Å²) in [5.74, 6) is 2.87. The number of para-hydroxylation sites is 2. The lowest BCUT2D eigenvalue weighted by Crippen LogP contribution is -1.99. The minimum Gasteiger partial charge on any atom is -0.497 e. The number of benzene rings is 2. The molecule has 3 aromatic rings. The van der Waals surface area contributed by atoms with Gasteiger partial charge in [-0.2, -0.15) is 0 Å². The molecule has 3 rings (SSSR count). The van der Waals surface area contributed by atoms with Gasteiger partial charge < -0.3 is 20.1 Å². The third-order valence-electron chi connectivity index (χ3n) is 3.38. The Labute approximate surface area is 140 Å². The number of hydrogen-bond donors (Lipinski definition) is 2. The van der Waals surface area contributed by atoms with Gasteiger partial charge in [0, 0.05) is 17.8 Å². The van der Waals surface area contributed by atoms with Crippen molar-refractivity contribution >= 4 is 23.0 Å². The molecule has 2 N–H and O–H groups in total. The molecule has 122 valence electrons. The van der Waals surface area contributed by atoms with Gasteiger partial charge in [-0.15, -0.1) is 0 Å². The Morgan fingerprint density at radius 1 is 0.792 bits per heavy atom. The summed E-state index contributed by atoms with van der Waals surface area (Å²) in [4.78, 5) is 8.48. The minimum atomic E-state index is 0.667. The van der Waals surface area contributed by atoms with E-state index in [1.807, 2.05) is 54.6 Å². The van der Waals surface area contributed by atoms with E-state index < -0.39 is 0 Å². The number of hydrogen-bond acceptors (Lipinski definition) is 6. The monoisotopic (exact) mass is 322 g/mol. The summed E-state index contributed by atoms with van der Waals surface area (Å²) in [7, 11) is 3.27. The van der Waals surface area contributed by atoms with Crippen LogP contribution in [0.25, 0.3) is 0 Å². The molecule has 0 saturated carbocycles. The van der Waals surface area contributed by atoms with E-state index in [-0.39, 0.29) is 0 Å². The van der Waals surface area contributed by atoms with E-state index in [0.29, 0.717) is 11.6 Å². The Morgan fingerprint density at radius 2 is 1.58 bits per heavy atom. The van der Waals surface area contributed by atoms with Crippen LogP contribution in [-0.4, -0.2) is 24.2 Å². The van der Waals surface area contributed by atoms with Crippen molar-refractivity contribution in [3.8, 4) is 11.5 Å². The minimum absolute atomic E-state index is 0.667. The highest BCUT2D eigenvalue weighted by molar-refractivity contribution is 5.67. The third kappa shape index (κ3) is 3.73. The van der Waals surface area contributed by atoms with Gasteiger partial charge in [0.25, 0.3) is 0 Å². The van der Waals surface area contributed by atoms with Crippen LogP contribution in [0.3, 0.4) is 0 Å².